The predicted molar refractivity (Wildman–Crippen MR) is 122 cm³/mol. The molecule has 1 aliphatic rings. The van der Waals surface area contributed by atoms with Crippen molar-refractivity contribution in [1.82, 2.24) is 0 Å². The lowest BCUT2D eigenvalue weighted by molar-refractivity contribution is -0.313. The summed E-state index contributed by atoms with van der Waals surface area (Å²) >= 11 is 0. The van der Waals surface area contributed by atoms with Gasteiger partial charge in [0.05, 0.1) is 18.8 Å². The fourth-order valence-corrected chi connectivity index (χ4v) is 4.02. The van der Waals surface area contributed by atoms with Crippen molar-refractivity contribution in [3.05, 3.63) is 59.7 Å². The van der Waals surface area contributed by atoms with Gasteiger partial charge in [-0.25, -0.2) is 0 Å². The Hall–Kier alpha value is -2.24. The van der Waals surface area contributed by atoms with Gasteiger partial charge in [-0.1, -0.05) is 24.3 Å². The fourth-order valence-electron chi connectivity index (χ4n) is 4.02. The minimum atomic E-state index is -1.55. The summed E-state index contributed by atoms with van der Waals surface area (Å²) in [5.74, 6) is 0.328. The van der Waals surface area contributed by atoms with E-state index in [1.165, 1.54) is 0 Å². The molecule has 3 rings (SSSR count). The SMILES string of the molecule is OC[C@H]1O[C@@H](O[C@@H](CCc2ccc(O)cc2)C[C@@H](O)CCc2ccc(O)cc2)[C@H](O)[C@H](O)[C@H]1O. The van der Waals surface area contributed by atoms with Crippen molar-refractivity contribution >= 4 is 0 Å². The number of ether oxygens (including phenoxy) is 2. The Morgan fingerprint density at radius 1 is 0.765 bits per heavy atom. The molecule has 7 atom stereocenters. The van der Waals surface area contributed by atoms with Gasteiger partial charge in [-0.3, -0.25) is 0 Å². The van der Waals surface area contributed by atoms with Crippen molar-refractivity contribution < 1.29 is 45.2 Å². The van der Waals surface area contributed by atoms with E-state index in [0.717, 1.165) is 11.1 Å². The third-order valence-electron chi connectivity index (χ3n) is 6.10. The second-order valence-electron chi connectivity index (χ2n) is 8.76. The molecule has 1 fully saturated rings. The maximum Gasteiger partial charge on any atom is 0.186 e. The molecular formula is C25H34O9. The van der Waals surface area contributed by atoms with E-state index in [0.29, 0.717) is 25.7 Å². The van der Waals surface area contributed by atoms with Gasteiger partial charge < -0.3 is 45.2 Å². The number of hydrogen-bond acceptors (Lipinski definition) is 9. The van der Waals surface area contributed by atoms with Crippen LogP contribution in [0.15, 0.2) is 48.5 Å². The summed E-state index contributed by atoms with van der Waals surface area (Å²) in [5, 5.41) is 69.4. The number of aromatic hydroxyl groups is 2. The number of phenolic OH excluding ortho intramolecular Hbond substituents is 2. The van der Waals surface area contributed by atoms with Gasteiger partial charge in [0.2, 0.25) is 0 Å². The molecule has 2 aromatic carbocycles. The summed E-state index contributed by atoms with van der Waals surface area (Å²) < 4.78 is 11.4. The van der Waals surface area contributed by atoms with Crippen molar-refractivity contribution in [2.75, 3.05) is 6.61 Å². The van der Waals surface area contributed by atoms with E-state index in [1.54, 1.807) is 48.5 Å². The Bertz CT molecular complexity index is 856. The first kappa shape index (κ1) is 26.4. The average molecular weight is 479 g/mol. The first-order valence-electron chi connectivity index (χ1n) is 11.5. The van der Waals surface area contributed by atoms with Crippen LogP contribution in [0, 0.1) is 0 Å². The molecule has 0 aromatic heterocycles. The van der Waals surface area contributed by atoms with Crippen molar-refractivity contribution in [3.63, 3.8) is 0 Å². The third kappa shape index (κ3) is 7.38. The fraction of sp³-hybridized carbons (Fsp3) is 0.520. The highest BCUT2D eigenvalue weighted by atomic mass is 16.7. The van der Waals surface area contributed by atoms with Gasteiger partial charge in [-0.2, -0.15) is 0 Å². The highest BCUT2D eigenvalue weighted by molar-refractivity contribution is 5.26. The molecule has 1 saturated heterocycles. The molecule has 0 spiro atoms. The third-order valence-corrected chi connectivity index (χ3v) is 6.10. The number of aliphatic hydroxyl groups is 5. The number of benzene rings is 2. The number of aryl methyl sites for hydroxylation is 2. The van der Waals surface area contributed by atoms with Gasteiger partial charge in [0.15, 0.2) is 6.29 Å². The van der Waals surface area contributed by atoms with E-state index in [4.69, 9.17) is 9.47 Å². The maximum absolute atomic E-state index is 10.7. The van der Waals surface area contributed by atoms with Gasteiger partial charge >= 0.3 is 0 Å². The van der Waals surface area contributed by atoms with Crippen molar-refractivity contribution in [3.8, 4) is 11.5 Å². The molecular weight excluding hydrogens is 444 g/mol. The molecule has 2 aromatic rings. The second-order valence-corrected chi connectivity index (χ2v) is 8.76. The minimum Gasteiger partial charge on any atom is -0.508 e. The van der Waals surface area contributed by atoms with Crippen molar-refractivity contribution in [1.29, 1.82) is 0 Å². The van der Waals surface area contributed by atoms with Gasteiger partial charge in [-0.15, -0.1) is 0 Å². The average Bonchev–Trinajstić information content (AvgIpc) is 2.83. The van der Waals surface area contributed by atoms with Gasteiger partial charge in [0.1, 0.15) is 35.9 Å². The molecule has 0 saturated carbocycles. The van der Waals surface area contributed by atoms with E-state index < -0.39 is 49.5 Å². The van der Waals surface area contributed by atoms with E-state index in [1.807, 2.05) is 0 Å². The molecule has 0 bridgehead atoms. The van der Waals surface area contributed by atoms with Crippen LogP contribution in [-0.2, 0) is 22.3 Å². The Kier molecular flexibility index (Phi) is 9.66. The van der Waals surface area contributed by atoms with E-state index in [-0.39, 0.29) is 17.9 Å². The first-order valence-corrected chi connectivity index (χ1v) is 11.5. The summed E-state index contributed by atoms with van der Waals surface area (Å²) in [4.78, 5) is 0. The minimum absolute atomic E-state index is 0.155. The molecule has 34 heavy (non-hydrogen) atoms. The van der Waals surface area contributed by atoms with Crippen LogP contribution in [0.3, 0.4) is 0 Å². The van der Waals surface area contributed by atoms with E-state index in [2.05, 4.69) is 0 Å². The van der Waals surface area contributed by atoms with Gasteiger partial charge in [0, 0.05) is 0 Å². The summed E-state index contributed by atoms with van der Waals surface area (Å²) in [5.41, 5.74) is 1.91. The lowest BCUT2D eigenvalue weighted by atomic mass is 9.97. The van der Waals surface area contributed by atoms with Crippen LogP contribution < -0.4 is 0 Å². The molecule has 188 valence electrons. The Morgan fingerprint density at radius 3 is 1.82 bits per heavy atom. The van der Waals surface area contributed by atoms with Crippen LogP contribution >= 0.6 is 0 Å². The Morgan fingerprint density at radius 2 is 1.29 bits per heavy atom. The zero-order valence-corrected chi connectivity index (χ0v) is 18.8. The van der Waals surface area contributed by atoms with Crippen LogP contribution in [0.5, 0.6) is 11.5 Å². The Balaban J connectivity index is 1.64. The second kappa shape index (κ2) is 12.5. The molecule has 0 amide bonds. The molecule has 1 heterocycles. The van der Waals surface area contributed by atoms with Crippen LogP contribution in [0.2, 0.25) is 0 Å². The number of hydrogen-bond donors (Lipinski definition) is 7. The zero-order chi connectivity index (χ0) is 24.7. The lowest BCUT2D eigenvalue weighted by Crippen LogP contribution is -2.59. The van der Waals surface area contributed by atoms with Crippen LogP contribution in [-0.4, -0.2) is 85.3 Å². The summed E-state index contributed by atoms with van der Waals surface area (Å²) in [6.07, 6.45) is -5.94. The molecule has 0 aliphatic carbocycles. The molecule has 0 radical (unpaired) electrons. The molecule has 0 unspecified atom stereocenters. The molecule has 1 aliphatic heterocycles. The molecule has 9 heteroatoms. The topological polar surface area (TPSA) is 160 Å². The number of phenols is 2. The largest absolute Gasteiger partial charge is 0.508 e. The van der Waals surface area contributed by atoms with Crippen LogP contribution in [0.25, 0.3) is 0 Å². The quantitative estimate of drug-likeness (QED) is 0.245. The van der Waals surface area contributed by atoms with Gasteiger partial charge in [-0.05, 0) is 67.5 Å². The zero-order valence-electron chi connectivity index (χ0n) is 18.8. The monoisotopic (exact) mass is 478 g/mol. The van der Waals surface area contributed by atoms with Crippen molar-refractivity contribution in [2.24, 2.45) is 0 Å². The summed E-state index contributed by atoms with van der Waals surface area (Å²) in [6, 6.07) is 13.5. The number of rotatable bonds is 11. The summed E-state index contributed by atoms with van der Waals surface area (Å²) in [6.45, 7) is -0.557. The smallest absolute Gasteiger partial charge is 0.186 e. The van der Waals surface area contributed by atoms with E-state index >= 15 is 0 Å². The maximum atomic E-state index is 10.7. The first-order chi connectivity index (χ1) is 16.3. The standard InChI is InChI=1S/C25H34O9/c26-14-21-22(30)23(31)24(32)25(34-21)33-20(12-6-16-3-9-18(28)10-4-16)13-19(29)11-5-15-1-7-17(27)8-2-15/h1-4,7-10,19-32H,5-6,11-14H2/t19-,20-,21+,22-,23+,24+,25+/m0/s1. The highest BCUT2D eigenvalue weighted by Gasteiger charge is 2.44. The normalized spacial score (nSPS) is 26.8. The lowest BCUT2D eigenvalue weighted by Gasteiger charge is -2.41. The molecule has 7 N–H and O–H groups in total. The van der Waals surface area contributed by atoms with Crippen molar-refractivity contribution in [2.45, 2.75) is 75.0 Å². The van der Waals surface area contributed by atoms with Crippen LogP contribution in [0.1, 0.15) is 30.4 Å². The van der Waals surface area contributed by atoms with E-state index in [9.17, 15) is 35.7 Å². The van der Waals surface area contributed by atoms with Crippen LogP contribution in [0.4, 0.5) is 0 Å². The predicted octanol–water partition coefficient (Wildman–Crippen LogP) is 0.599. The highest BCUT2D eigenvalue weighted by Crippen LogP contribution is 2.26. The number of aliphatic hydroxyl groups excluding tert-OH is 5. The molecule has 9 nitrogen and oxygen atoms in total. The van der Waals surface area contributed by atoms with Gasteiger partial charge in [0.25, 0.3) is 0 Å². The summed E-state index contributed by atoms with van der Waals surface area (Å²) in [7, 11) is 0. The Labute approximate surface area is 198 Å².